The summed E-state index contributed by atoms with van der Waals surface area (Å²) in [6.45, 7) is 2.98. The quantitative estimate of drug-likeness (QED) is 0.799. The first-order valence-corrected chi connectivity index (χ1v) is 9.91. The van der Waals surface area contributed by atoms with E-state index in [0.717, 1.165) is 11.1 Å². The summed E-state index contributed by atoms with van der Waals surface area (Å²) in [5, 5.41) is 11.8. The zero-order chi connectivity index (χ0) is 21.3. The van der Waals surface area contributed by atoms with Gasteiger partial charge < -0.3 is 10.2 Å². The first-order valence-electron chi connectivity index (χ1n) is 9.91. The molecule has 0 radical (unpaired) electrons. The summed E-state index contributed by atoms with van der Waals surface area (Å²) in [7, 11) is 0. The number of benzene rings is 2. The molecule has 152 valence electrons. The number of nitrogens with zero attached hydrogens (tertiary/aromatic N) is 3. The number of nitrogens with one attached hydrogen (secondary N) is 1. The molecule has 2 aromatic rings. The topological polar surface area (TPSA) is 93.5 Å². The maximum absolute atomic E-state index is 13.1. The van der Waals surface area contributed by atoms with Crippen molar-refractivity contribution in [1.82, 2.24) is 15.1 Å². The van der Waals surface area contributed by atoms with Crippen molar-refractivity contribution in [2.24, 2.45) is 0 Å². The van der Waals surface area contributed by atoms with Crippen LogP contribution in [0.25, 0.3) is 0 Å². The maximum atomic E-state index is 13.1. The van der Waals surface area contributed by atoms with Gasteiger partial charge in [0.1, 0.15) is 5.54 Å². The van der Waals surface area contributed by atoms with Gasteiger partial charge in [0.2, 0.25) is 0 Å². The molecule has 0 aromatic heterocycles. The third-order valence-corrected chi connectivity index (χ3v) is 5.87. The van der Waals surface area contributed by atoms with Crippen LogP contribution in [0, 0.1) is 18.3 Å². The van der Waals surface area contributed by atoms with Crippen LogP contribution < -0.4 is 5.32 Å². The summed E-state index contributed by atoms with van der Waals surface area (Å²) < 4.78 is 0. The second-order valence-electron chi connectivity index (χ2n) is 7.87. The van der Waals surface area contributed by atoms with Crippen LogP contribution in [0.4, 0.5) is 4.79 Å². The molecule has 0 unspecified atom stereocenters. The Morgan fingerprint density at radius 2 is 1.70 bits per heavy atom. The van der Waals surface area contributed by atoms with Crippen LogP contribution in [-0.2, 0) is 11.3 Å². The van der Waals surface area contributed by atoms with E-state index in [1.165, 1.54) is 4.90 Å². The Balaban J connectivity index is 1.42. The predicted octanol–water partition coefficient (Wildman–Crippen LogP) is 2.59. The molecule has 1 spiro atoms. The standard InChI is InChI=1S/C23H22N4O3/c1-16-2-4-18(5-3-16)15-27-21(29)23(25-22(27)30)10-12-26(13-11-23)20(28)19-8-6-17(14-24)7-9-19/h2-9H,10-13,15H2,1H3,(H,25,30). The second-order valence-corrected chi connectivity index (χ2v) is 7.87. The van der Waals surface area contributed by atoms with Gasteiger partial charge in [0.25, 0.3) is 11.8 Å². The van der Waals surface area contributed by atoms with Crippen LogP contribution in [0.3, 0.4) is 0 Å². The summed E-state index contributed by atoms with van der Waals surface area (Å²) in [5.41, 5.74) is 2.08. The highest BCUT2D eigenvalue weighted by molar-refractivity contribution is 6.07. The Hall–Kier alpha value is -3.66. The Morgan fingerprint density at radius 1 is 1.07 bits per heavy atom. The van der Waals surface area contributed by atoms with Crippen molar-refractivity contribution in [2.75, 3.05) is 13.1 Å². The SMILES string of the molecule is Cc1ccc(CN2C(=O)NC3(CCN(C(=O)c4ccc(C#N)cc4)CC3)C2=O)cc1. The minimum Gasteiger partial charge on any atom is -0.338 e. The summed E-state index contributed by atoms with van der Waals surface area (Å²) >= 11 is 0. The fraction of sp³-hybridized carbons (Fsp3) is 0.304. The third-order valence-electron chi connectivity index (χ3n) is 5.87. The lowest BCUT2D eigenvalue weighted by Gasteiger charge is -2.37. The normalized spacial score (nSPS) is 17.7. The molecule has 1 N–H and O–H groups in total. The lowest BCUT2D eigenvalue weighted by Crippen LogP contribution is -2.55. The van der Waals surface area contributed by atoms with Crippen molar-refractivity contribution in [2.45, 2.75) is 31.8 Å². The summed E-state index contributed by atoms with van der Waals surface area (Å²) in [5.74, 6) is -0.360. The van der Waals surface area contributed by atoms with E-state index in [0.29, 0.717) is 37.1 Å². The number of amides is 4. The minimum absolute atomic E-state index is 0.136. The van der Waals surface area contributed by atoms with E-state index < -0.39 is 5.54 Å². The van der Waals surface area contributed by atoms with Gasteiger partial charge >= 0.3 is 6.03 Å². The van der Waals surface area contributed by atoms with Gasteiger partial charge in [-0.15, -0.1) is 0 Å². The van der Waals surface area contributed by atoms with E-state index in [2.05, 4.69) is 5.32 Å². The largest absolute Gasteiger partial charge is 0.338 e. The zero-order valence-corrected chi connectivity index (χ0v) is 16.7. The predicted molar refractivity (Wildman–Crippen MR) is 109 cm³/mol. The number of hydrogen-bond donors (Lipinski definition) is 1. The molecule has 0 saturated carbocycles. The van der Waals surface area contributed by atoms with E-state index in [-0.39, 0.29) is 24.4 Å². The minimum atomic E-state index is -0.941. The molecule has 0 atom stereocenters. The molecule has 0 bridgehead atoms. The lowest BCUT2D eigenvalue weighted by atomic mass is 9.87. The monoisotopic (exact) mass is 402 g/mol. The number of nitriles is 1. The molecule has 7 nitrogen and oxygen atoms in total. The first kappa shape index (κ1) is 19.6. The number of hydrogen-bond acceptors (Lipinski definition) is 4. The Labute approximate surface area is 174 Å². The van der Waals surface area contributed by atoms with E-state index >= 15 is 0 Å². The summed E-state index contributed by atoms with van der Waals surface area (Å²) in [6, 6.07) is 15.9. The van der Waals surface area contributed by atoms with Gasteiger partial charge in [0.05, 0.1) is 18.2 Å². The highest BCUT2D eigenvalue weighted by Crippen LogP contribution is 2.31. The van der Waals surface area contributed by atoms with Gasteiger partial charge in [-0.05, 0) is 49.6 Å². The lowest BCUT2D eigenvalue weighted by molar-refractivity contribution is -0.133. The number of carbonyl (C=O) groups excluding carboxylic acids is 3. The third kappa shape index (κ3) is 3.52. The first-order chi connectivity index (χ1) is 14.4. The highest BCUT2D eigenvalue weighted by Gasteiger charge is 2.52. The van der Waals surface area contributed by atoms with Crippen LogP contribution >= 0.6 is 0 Å². The number of rotatable bonds is 3. The molecular formula is C23H22N4O3. The Morgan fingerprint density at radius 3 is 2.30 bits per heavy atom. The average molecular weight is 402 g/mol. The number of likely N-dealkylation sites (tertiary alicyclic amines) is 1. The van der Waals surface area contributed by atoms with E-state index in [9.17, 15) is 14.4 Å². The molecule has 2 aromatic carbocycles. The molecule has 7 heteroatoms. The van der Waals surface area contributed by atoms with Crippen molar-refractivity contribution in [3.63, 3.8) is 0 Å². The molecule has 2 fully saturated rings. The summed E-state index contributed by atoms with van der Waals surface area (Å²) in [4.78, 5) is 41.3. The van der Waals surface area contributed by atoms with Gasteiger partial charge in [-0.3, -0.25) is 14.5 Å². The molecule has 4 amide bonds. The number of aryl methyl sites for hydroxylation is 1. The molecule has 2 aliphatic heterocycles. The van der Waals surface area contributed by atoms with E-state index in [1.807, 2.05) is 37.3 Å². The van der Waals surface area contributed by atoms with Gasteiger partial charge in [0, 0.05) is 18.7 Å². The number of urea groups is 1. The Bertz CT molecular complexity index is 1030. The van der Waals surface area contributed by atoms with E-state index in [1.54, 1.807) is 29.2 Å². The van der Waals surface area contributed by atoms with Gasteiger partial charge in [-0.1, -0.05) is 29.8 Å². The van der Waals surface area contributed by atoms with Crippen LogP contribution in [0.15, 0.2) is 48.5 Å². The van der Waals surface area contributed by atoms with Crippen molar-refractivity contribution in [3.8, 4) is 6.07 Å². The fourth-order valence-electron chi connectivity index (χ4n) is 4.00. The van der Waals surface area contributed by atoms with E-state index in [4.69, 9.17) is 5.26 Å². The van der Waals surface area contributed by atoms with Crippen LogP contribution in [0.5, 0.6) is 0 Å². The number of carbonyl (C=O) groups is 3. The highest BCUT2D eigenvalue weighted by atomic mass is 16.2. The molecule has 0 aliphatic carbocycles. The van der Waals surface area contributed by atoms with Crippen molar-refractivity contribution in [3.05, 3.63) is 70.8 Å². The maximum Gasteiger partial charge on any atom is 0.325 e. The molecule has 30 heavy (non-hydrogen) atoms. The zero-order valence-electron chi connectivity index (χ0n) is 16.7. The smallest absolute Gasteiger partial charge is 0.325 e. The number of imide groups is 1. The van der Waals surface area contributed by atoms with Crippen molar-refractivity contribution in [1.29, 1.82) is 5.26 Å². The van der Waals surface area contributed by atoms with Crippen LogP contribution in [0.2, 0.25) is 0 Å². The van der Waals surface area contributed by atoms with Gasteiger partial charge in [0.15, 0.2) is 0 Å². The van der Waals surface area contributed by atoms with Crippen LogP contribution in [0.1, 0.15) is 39.9 Å². The molecule has 2 aliphatic rings. The molecule has 2 heterocycles. The number of piperidine rings is 1. The van der Waals surface area contributed by atoms with Crippen molar-refractivity contribution >= 4 is 17.8 Å². The van der Waals surface area contributed by atoms with Crippen LogP contribution in [-0.4, -0.2) is 46.3 Å². The molecular weight excluding hydrogens is 380 g/mol. The Kier molecular flexibility index (Phi) is 5.00. The van der Waals surface area contributed by atoms with Crippen molar-refractivity contribution < 1.29 is 14.4 Å². The average Bonchev–Trinajstić information content (AvgIpc) is 2.99. The second kappa shape index (κ2) is 7.64. The fourth-order valence-corrected chi connectivity index (χ4v) is 4.00. The van der Waals surface area contributed by atoms with Gasteiger partial charge in [-0.25, -0.2) is 4.79 Å². The summed E-state index contributed by atoms with van der Waals surface area (Å²) in [6.07, 6.45) is 0.758. The molecule has 4 rings (SSSR count). The molecule has 2 saturated heterocycles. The van der Waals surface area contributed by atoms with Gasteiger partial charge in [-0.2, -0.15) is 5.26 Å².